The molecule has 1 saturated carbocycles. The molecule has 8 heteroatoms. The smallest absolute Gasteiger partial charge is 0.177 e. The average Bonchev–Trinajstić information content (AvgIpc) is 3.42. The second kappa shape index (κ2) is 8.60. The number of nitrogens with one attached hydrogen (secondary N) is 1. The molecule has 3 heterocycles. The molecule has 1 saturated heterocycles. The third-order valence-corrected chi connectivity index (χ3v) is 7.06. The van der Waals surface area contributed by atoms with Crippen molar-refractivity contribution in [3.05, 3.63) is 42.2 Å². The van der Waals surface area contributed by atoms with E-state index in [-0.39, 0.29) is 0 Å². The van der Waals surface area contributed by atoms with Crippen molar-refractivity contribution in [2.45, 2.75) is 50.1 Å². The standard InChI is InChI=1S/C24H34N8/c1-30(2)20-11-12-31(14-20)19-9-7-18(8-10-19)27-21-13-23(26)29-32-15-22(28-24(21)32)16-3-5-17(25)6-4-16/h7-10,13,15-17,20,27H,3-6,11-12,14,25H2,1-2H3,(H2,26,29). The highest BCUT2D eigenvalue weighted by molar-refractivity contribution is 5.76. The maximum Gasteiger partial charge on any atom is 0.177 e. The van der Waals surface area contributed by atoms with E-state index in [1.807, 2.05) is 16.8 Å². The Morgan fingerprint density at radius 3 is 2.50 bits per heavy atom. The van der Waals surface area contributed by atoms with Gasteiger partial charge >= 0.3 is 0 Å². The first-order valence-electron chi connectivity index (χ1n) is 11.7. The first-order chi connectivity index (χ1) is 15.5. The number of likely N-dealkylation sites (N-methyl/N-ethyl adjacent to an activating group) is 1. The molecule has 0 bridgehead atoms. The Labute approximate surface area is 189 Å². The molecule has 1 aromatic carbocycles. The molecule has 0 radical (unpaired) electrons. The molecule has 1 aliphatic carbocycles. The van der Waals surface area contributed by atoms with Crippen LogP contribution in [0.3, 0.4) is 0 Å². The Balaban J connectivity index is 1.34. The number of nitrogens with zero attached hydrogens (tertiary/aromatic N) is 5. The average molecular weight is 435 g/mol. The SMILES string of the molecule is CN(C)C1CCN(c2ccc(Nc3cc(N)nn4cc(C5CCC(N)CC5)nc34)cc2)C1. The van der Waals surface area contributed by atoms with E-state index in [4.69, 9.17) is 16.5 Å². The molecule has 0 amide bonds. The minimum absolute atomic E-state index is 0.326. The summed E-state index contributed by atoms with van der Waals surface area (Å²) in [5.41, 5.74) is 17.2. The van der Waals surface area contributed by atoms with Crippen LogP contribution in [-0.2, 0) is 0 Å². The Hall–Kier alpha value is -2.84. The van der Waals surface area contributed by atoms with Crippen molar-refractivity contribution in [2.75, 3.05) is 43.1 Å². The number of benzene rings is 1. The zero-order valence-corrected chi connectivity index (χ0v) is 19.0. The van der Waals surface area contributed by atoms with Gasteiger partial charge in [-0.3, -0.25) is 0 Å². The number of aromatic nitrogens is 3. The van der Waals surface area contributed by atoms with Crippen LogP contribution in [0, 0.1) is 0 Å². The van der Waals surface area contributed by atoms with Crippen LogP contribution in [0.15, 0.2) is 36.5 Å². The lowest BCUT2D eigenvalue weighted by molar-refractivity contribution is 0.315. The molecule has 2 aliphatic rings. The number of nitrogens with two attached hydrogens (primary N) is 2. The number of anilines is 4. The first kappa shape index (κ1) is 21.0. The molecule has 5 rings (SSSR count). The van der Waals surface area contributed by atoms with Gasteiger partial charge in [-0.15, -0.1) is 5.10 Å². The molecule has 1 atom stereocenters. The van der Waals surface area contributed by atoms with Gasteiger partial charge in [-0.1, -0.05) is 0 Å². The summed E-state index contributed by atoms with van der Waals surface area (Å²) < 4.78 is 1.81. The van der Waals surface area contributed by atoms with E-state index in [1.54, 1.807) is 0 Å². The fraction of sp³-hybridized carbons (Fsp3) is 0.500. The third-order valence-electron chi connectivity index (χ3n) is 7.06. The summed E-state index contributed by atoms with van der Waals surface area (Å²) >= 11 is 0. The van der Waals surface area contributed by atoms with Gasteiger partial charge in [0, 0.05) is 48.5 Å². The van der Waals surface area contributed by atoms with Crippen molar-refractivity contribution in [3.63, 3.8) is 0 Å². The predicted molar refractivity (Wildman–Crippen MR) is 131 cm³/mol. The van der Waals surface area contributed by atoms with Crippen molar-refractivity contribution in [1.82, 2.24) is 19.5 Å². The van der Waals surface area contributed by atoms with Gasteiger partial charge in [0.15, 0.2) is 5.65 Å². The van der Waals surface area contributed by atoms with E-state index in [9.17, 15) is 0 Å². The molecular weight excluding hydrogens is 400 g/mol. The lowest BCUT2D eigenvalue weighted by Gasteiger charge is -2.24. The summed E-state index contributed by atoms with van der Waals surface area (Å²) in [5.74, 6) is 0.911. The van der Waals surface area contributed by atoms with Gasteiger partial charge < -0.3 is 26.6 Å². The van der Waals surface area contributed by atoms with Gasteiger partial charge in [-0.2, -0.15) is 0 Å². The first-order valence-corrected chi connectivity index (χ1v) is 11.7. The molecular formula is C24H34N8. The molecule has 0 spiro atoms. The number of hydrogen-bond acceptors (Lipinski definition) is 7. The van der Waals surface area contributed by atoms with Crippen molar-refractivity contribution in [1.29, 1.82) is 0 Å². The van der Waals surface area contributed by atoms with Crippen LogP contribution in [-0.4, -0.2) is 58.8 Å². The zero-order valence-electron chi connectivity index (χ0n) is 19.0. The molecule has 3 aromatic rings. The summed E-state index contributed by atoms with van der Waals surface area (Å²) in [6, 6.07) is 11.4. The van der Waals surface area contributed by atoms with Crippen LogP contribution in [0.4, 0.5) is 22.9 Å². The van der Waals surface area contributed by atoms with Crippen LogP contribution in [0.1, 0.15) is 43.7 Å². The number of nitrogen functional groups attached to an aromatic ring is 1. The fourth-order valence-electron chi connectivity index (χ4n) is 5.03. The van der Waals surface area contributed by atoms with Crippen molar-refractivity contribution in [2.24, 2.45) is 5.73 Å². The lowest BCUT2D eigenvalue weighted by Crippen LogP contribution is -2.31. The Kier molecular flexibility index (Phi) is 5.65. The van der Waals surface area contributed by atoms with Gasteiger partial charge in [0.1, 0.15) is 5.82 Å². The normalized spacial score (nSPS) is 23.9. The van der Waals surface area contributed by atoms with Crippen LogP contribution in [0.25, 0.3) is 5.65 Å². The predicted octanol–water partition coefficient (Wildman–Crippen LogP) is 3.18. The molecule has 2 aromatic heterocycles. The maximum absolute atomic E-state index is 6.10. The Morgan fingerprint density at radius 1 is 1.06 bits per heavy atom. The van der Waals surface area contributed by atoms with Gasteiger partial charge in [0.25, 0.3) is 0 Å². The fourth-order valence-corrected chi connectivity index (χ4v) is 5.03. The highest BCUT2D eigenvalue weighted by Crippen LogP contribution is 2.33. The molecule has 1 unspecified atom stereocenters. The minimum Gasteiger partial charge on any atom is -0.382 e. The molecule has 1 aliphatic heterocycles. The molecule has 32 heavy (non-hydrogen) atoms. The minimum atomic E-state index is 0.326. The van der Waals surface area contributed by atoms with Crippen molar-refractivity contribution >= 4 is 28.5 Å². The lowest BCUT2D eigenvalue weighted by atomic mass is 9.85. The van der Waals surface area contributed by atoms with Crippen LogP contribution >= 0.6 is 0 Å². The molecule has 170 valence electrons. The molecule has 8 nitrogen and oxygen atoms in total. The Morgan fingerprint density at radius 2 is 1.81 bits per heavy atom. The van der Waals surface area contributed by atoms with Crippen LogP contribution in [0.5, 0.6) is 0 Å². The summed E-state index contributed by atoms with van der Waals surface area (Å²) in [6.45, 7) is 2.17. The summed E-state index contributed by atoms with van der Waals surface area (Å²) in [7, 11) is 4.32. The van der Waals surface area contributed by atoms with Gasteiger partial charge in [-0.25, -0.2) is 9.50 Å². The van der Waals surface area contributed by atoms with E-state index >= 15 is 0 Å². The van der Waals surface area contributed by atoms with E-state index in [0.29, 0.717) is 23.8 Å². The number of rotatable bonds is 5. The van der Waals surface area contributed by atoms with Crippen molar-refractivity contribution in [3.8, 4) is 0 Å². The zero-order chi connectivity index (χ0) is 22.2. The topological polar surface area (TPSA) is 101 Å². The largest absolute Gasteiger partial charge is 0.382 e. The second-order valence-electron chi connectivity index (χ2n) is 9.55. The molecule has 2 fully saturated rings. The summed E-state index contributed by atoms with van der Waals surface area (Å²) in [4.78, 5) is 9.70. The highest BCUT2D eigenvalue weighted by Gasteiger charge is 2.25. The summed E-state index contributed by atoms with van der Waals surface area (Å²) in [5, 5.41) is 7.96. The third kappa shape index (κ3) is 4.25. The van der Waals surface area contributed by atoms with Gasteiger partial charge in [-0.05, 0) is 70.5 Å². The van der Waals surface area contributed by atoms with Crippen molar-refractivity contribution < 1.29 is 0 Å². The summed E-state index contributed by atoms with van der Waals surface area (Å²) in [6.07, 6.45) is 7.49. The van der Waals surface area contributed by atoms with Gasteiger partial charge in [0.05, 0.1) is 17.6 Å². The molecule has 5 N–H and O–H groups in total. The highest BCUT2D eigenvalue weighted by atomic mass is 15.3. The van der Waals surface area contributed by atoms with E-state index in [1.165, 1.54) is 12.1 Å². The number of fused-ring (bicyclic) bond motifs is 1. The van der Waals surface area contributed by atoms with E-state index in [0.717, 1.165) is 61.5 Å². The van der Waals surface area contributed by atoms with E-state index in [2.05, 4.69) is 58.6 Å². The van der Waals surface area contributed by atoms with E-state index < -0.39 is 0 Å². The van der Waals surface area contributed by atoms with Gasteiger partial charge in [0.2, 0.25) is 0 Å². The van der Waals surface area contributed by atoms with Crippen LogP contribution < -0.4 is 21.7 Å². The quantitative estimate of drug-likeness (QED) is 0.567. The number of imidazole rings is 1. The monoisotopic (exact) mass is 434 g/mol. The maximum atomic E-state index is 6.10. The number of hydrogen-bond donors (Lipinski definition) is 3. The second-order valence-corrected chi connectivity index (χ2v) is 9.55. The Bertz CT molecular complexity index is 1070. The van der Waals surface area contributed by atoms with Crippen LogP contribution in [0.2, 0.25) is 0 Å².